The summed E-state index contributed by atoms with van der Waals surface area (Å²) in [5.41, 5.74) is 4.33. The van der Waals surface area contributed by atoms with Gasteiger partial charge in [0.25, 0.3) is 5.56 Å². The highest BCUT2D eigenvalue weighted by Gasteiger charge is 2.31. The highest BCUT2D eigenvalue weighted by molar-refractivity contribution is 5.88. The second-order valence-electron chi connectivity index (χ2n) is 7.77. The lowest BCUT2D eigenvalue weighted by Crippen LogP contribution is -2.38. The molecule has 7 nitrogen and oxygen atoms in total. The summed E-state index contributed by atoms with van der Waals surface area (Å²) in [4.78, 5) is 31.3. The van der Waals surface area contributed by atoms with Gasteiger partial charge in [0.15, 0.2) is 0 Å². The van der Waals surface area contributed by atoms with Gasteiger partial charge in [-0.25, -0.2) is 9.36 Å². The molecule has 7 heteroatoms. The maximum Gasteiger partial charge on any atom is 0.335 e. The van der Waals surface area contributed by atoms with Crippen LogP contribution in [-0.4, -0.2) is 26.2 Å². The molecule has 4 aromatic rings. The molecule has 152 valence electrons. The largest absolute Gasteiger partial charge is 0.494 e. The van der Waals surface area contributed by atoms with E-state index in [-0.39, 0.29) is 11.4 Å². The molecule has 1 unspecified atom stereocenters. The Hall–Kier alpha value is -3.58. The van der Waals surface area contributed by atoms with E-state index in [9.17, 15) is 14.7 Å². The Morgan fingerprint density at radius 3 is 2.57 bits per heavy atom. The molecule has 0 amide bonds. The van der Waals surface area contributed by atoms with E-state index in [4.69, 9.17) is 0 Å². The molecule has 30 heavy (non-hydrogen) atoms. The standard InChI is InChI=1S/C23H22N4O3/c1-12-6-3-4-9-16(12)27-22(29)17(21(28)26-23(27)30)20-19-15(10-11-24-20)14-8-5-7-13(2)18(14)25-19/h3-9,20,24-25,29H,10-11H2,1-2H3,(H,26,28,30). The maximum absolute atomic E-state index is 12.8. The molecular formula is C23H22N4O3. The van der Waals surface area contributed by atoms with Crippen molar-refractivity contribution in [1.29, 1.82) is 0 Å². The van der Waals surface area contributed by atoms with Crippen LogP contribution in [0, 0.1) is 13.8 Å². The van der Waals surface area contributed by atoms with Crippen molar-refractivity contribution in [2.75, 3.05) is 6.54 Å². The molecular weight excluding hydrogens is 380 g/mol. The number of nitrogens with one attached hydrogen (secondary N) is 3. The number of H-pyrrole nitrogens is 2. The third kappa shape index (κ3) is 2.63. The molecule has 2 aromatic carbocycles. The average molecular weight is 402 g/mol. The second kappa shape index (κ2) is 6.74. The highest BCUT2D eigenvalue weighted by atomic mass is 16.3. The first-order valence-electron chi connectivity index (χ1n) is 9.95. The number of hydrogen-bond acceptors (Lipinski definition) is 4. The van der Waals surface area contributed by atoms with E-state index in [1.807, 2.05) is 38.1 Å². The molecule has 1 atom stereocenters. The van der Waals surface area contributed by atoms with Gasteiger partial charge in [-0.2, -0.15) is 0 Å². The van der Waals surface area contributed by atoms with Crippen LogP contribution in [0.15, 0.2) is 52.1 Å². The molecule has 1 aliphatic rings. The lowest BCUT2D eigenvalue weighted by Gasteiger charge is -2.25. The number of benzene rings is 2. The molecule has 0 radical (unpaired) electrons. The Morgan fingerprint density at radius 2 is 1.77 bits per heavy atom. The zero-order valence-corrected chi connectivity index (χ0v) is 16.7. The normalized spacial score (nSPS) is 16.0. The summed E-state index contributed by atoms with van der Waals surface area (Å²) >= 11 is 0. The lowest BCUT2D eigenvalue weighted by molar-refractivity contribution is 0.409. The Morgan fingerprint density at radius 1 is 1.00 bits per heavy atom. The van der Waals surface area contributed by atoms with Crippen LogP contribution < -0.4 is 16.6 Å². The summed E-state index contributed by atoms with van der Waals surface area (Å²) in [7, 11) is 0. The van der Waals surface area contributed by atoms with Crippen molar-refractivity contribution in [3.8, 4) is 11.6 Å². The van der Waals surface area contributed by atoms with Gasteiger partial charge in [-0.15, -0.1) is 0 Å². The van der Waals surface area contributed by atoms with Crippen molar-refractivity contribution in [3.63, 3.8) is 0 Å². The van der Waals surface area contributed by atoms with E-state index in [1.165, 1.54) is 0 Å². The SMILES string of the molecule is Cc1ccccc1-n1c(O)c(C2NCCc3c2[nH]c2c(C)cccc32)c(=O)[nH]c1=O. The molecule has 4 N–H and O–H groups in total. The molecule has 0 spiro atoms. The lowest BCUT2D eigenvalue weighted by atomic mass is 9.95. The fraction of sp³-hybridized carbons (Fsp3) is 0.217. The third-order valence-corrected chi connectivity index (χ3v) is 5.96. The van der Waals surface area contributed by atoms with Gasteiger partial charge in [0, 0.05) is 23.1 Å². The topological polar surface area (TPSA) is 103 Å². The van der Waals surface area contributed by atoms with Crippen LogP contribution in [0.5, 0.6) is 5.88 Å². The summed E-state index contributed by atoms with van der Waals surface area (Å²) in [6.07, 6.45) is 0.811. The summed E-state index contributed by atoms with van der Waals surface area (Å²) < 4.78 is 1.16. The average Bonchev–Trinajstić information content (AvgIpc) is 3.10. The van der Waals surface area contributed by atoms with Gasteiger partial charge in [-0.1, -0.05) is 36.4 Å². The number of nitrogens with zero attached hydrogens (tertiary/aromatic N) is 1. The van der Waals surface area contributed by atoms with Gasteiger partial charge in [0.05, 0.1) is 11.7 Å². The van der Waals surface area contributed by atoms with Crippen molar-refractivity contribution in [1.82, 2.24) is 19.9 Å². The van der Waals surface area contributed by atoms with Crippen LogP contribution in [0.4, 0.5) is 0 Å². The van der Waals surface area contributed by atoms with Crippen LogP contribution in [0.25, 0.3) is 16.6 Å². The number of aromatic hydroxyl groups is 1. The minimum absolute atomic E-state index is 0.128. The maximum atomic E-state index is 12.8. The predicted molar refractivity (Wildman–Crippen MR) is 116 cm³/mol. The molecule has 1 aliphatic heterocycles. The Bertz CT molecular complexity index is 1410. The van der Waals surface area contributed by atoms with Crippen molar-refractivity contribution in [2.24, 2.45) is 0 Å². The molecule has 0 saturated heterocycles. The fourth-order valence-electron chi connectivity index (χ4n) is 4.48. The van der Waals surface area contributed by atoms with Gasteiger partial charge >= 0.3 is 5.69 Å². The predicted octanol–water partition coefficient (Wildman–Crippen LogP) is 2.56. The van der Waals surface area contributed by atoms with Crippen LogP contribution in [0.3, 0.4) is 0 Å². The molecule has 0 saturated carbocycles. The number of fused-ring (bicyclic) bond motifs is 3. The number of aromatic nitrogens is 3. The van der Waals surface area contributed by atoms with Crippen molar-refractivity contribution >= 4 is 10.9 Å². The summed E-state index contributed by atoms with van der Waals surface area (Å²) in [5.74, 6) is -0.348. The van der Waals surface area contributed by atoms with Crippen molar-refractivity contribution in [3.05, 3.63) is 91.3 Å². The molecule has 0 bridgehead atoms. The minimum Gasteiger partial charge on any atom is -0.494 e. The van der Waals surface area contributed by atoms with Crippen LogP contribution >= 0.6 is 0 Å². The van der Waals surface area contributed by atoms with E-state index < -0.39 is 17.3 Å². The van der Waals surface area contributed by atoms with Gasteiger partial charge < -0.3 is 15.4 Å². The Balaban J connectivity index is 1.78. The molecule has 0 fully saturated rings. The van der Waals surface area contributed by atoms with E-state index in [0.29, 0.717) is 12.2 Å². The van der Waals surface area contributed by atoms with Crippen molar-refractivity contribution < 1.29 is 5.11 Å². The number of aryl methyl sites for hydroxylation is 2. The zero-order chi connectivity index (χ0) is 21.0. The first-order chi connectivity index (χ1) is 14.5. The van der Waals surface area contributed by atoms with E-state index in [2.05, 4.69) is 21.4 Å². The van der Waals surface area contributed by atoms with Gasteiger partial charge in [0.2, 0.25) is 5.88 Å². The monoisotopic (exact) mass is 402 g/mol. The molecule has 3 heterocycles. The van der Waals surface area contributed by atoms with Crippen molar-refractivity contribution in [2.45, 2.75) is 26.3 Å². The number of hydrogen-bond donors (Lipinski definition) is 4. The second-order valence-corrected chi connectivity index (χ2v) is 7.77. The summed E-state index contributed by atoms with van der Waals surface area (Å²) in [6.45, 7) is 4.54. The molecule has 0 aliphatic carbocycles. The Labute approximate surface area is 172 Å². The quantitative estimate of drug-likeness (QED) is 0.414. The molecule has 2 aromatic heterocycles. The molecule has 5 rings (SSSR count). The van der Waals surface area contributed by atoms with Crippen LogP contribution in [-0.2, 0) is 6.42 Å². The number of para-hydroxylation sites is 2. The first-order valence-corrected chi connectivity index (χ1v) is 9.95. The summed E-state index contributed by atoms with van der Waals surface area (Å²) in [6, 6.07) is 12.8. The Kier molecular flexibility index (Phi) is 4.15. The van der Waals surface area contributed by atoms with Gasteiger partial charge in [-0.05, 0) is 43.0 Å². The number of rotatable bonds is 2. The van der Waals surface area contributed by atoms with Gasteiger partial charge in [0.1, 0.15) is 5.56 Å². The number of aromatic amines is 2. The van der Waals surface area contributed by atoms with Crippen LogP contribution in [0.2, 0.25) is 0 Å². The zero-order valence-electron chi connectivity index (χ0n) is 16.7. The highest BCUT2D eigenvalue weighted by Crippen LogP contribution is 2.36. The van der Waals surface area contributed by atoms with E-state index >= 15 is 0 Å². The van der Waals surface area contributed by atoms with E-state index in [0.717, 1.165) is 44.3 Å². The first kappa shape index (κ1) is 18.4. The van der Waals surface area contributed by atoms with E-state index in [1.54, 1.807) is 12.1 Å². The minimum atomic E-state index is -0.668. The van der Waals surface area contributed by atoms with Crippen LogP contribution in [0.1, 0.15) is 34.0 Å². The summed E-state index contributed by atoms with van der Waals surface area (Å²) in [5, 5.41) is 15.6. The third-order valence-electron chi connectivity index (χ3n) is 5.96. The smallest absolute Gasteiger partial charge is 0.335 e. The van der Waals surface area contributed by atoms with Gasteiger partial charge in [-0.3, -0.25) is 9.78 Å². The fourth-order valence-corrected chi connectivity index (χ4v) is 4.48.